The van der Waals surface area contributed by atoms with E-state index in [0.29, 0.717) is 11.0 Å². The number of nitrogens with zero attached hydrogens (tertiary/aromatic N) is 2. The fourth-order valence-corrected chi connectivity index (χ4v) is 5.45. The molecule has 2 heterocycles. The number of carbonyl (C=O) groups is 1. The molecule has 0 saturated carbocycles. The second-order valence-electron chi connectivity index (χ2n) is 5.14. The largest absolute Gasteiger partial charge is 0.254 e. The van der Waals surface area contributed by atoms with Crippen molar-refractivity contribution in [3.63, 3.8) is 0 Å². The Morgan fingerprint density at radius 1 is 1.00 bits per heavy atom. The van der Waals surface area contributed by atoms with Crippen molar-refractivity contribution in [3.8, 4) is 0 Å². The van der Waals surface area contributed by atoms with E-state index in [-0.39, 0.29) is 12.4 Å². The molecule has 0 atom stereocenters. The van der Waals surface area contributed by atoms with E-state index < -0.39 is 15.0 Å². The van der Waals surface area contributed by atoms with Crippen molar-refractivity contribution in [2.75, 3.05) is 6.61 Å². The first-order chi connectivity index (χ1) is 11.9. The van der Waals surface area contributed by atoms with Gasteiger partial charge in [-0.15, -0.1) is 0 Å². The van der Waals surface area contributed by atoms with Crippen LogP contribution < -0.4 is 0 Å². The molecule has 0 aliphatic heterocycles. The summed E-state index contributed by atoms with van der Waals surface area (Å²) in [7, 11) is 16.8. The monoisotopic (exact) mass is 506 g/mol. The normalized spacial score (nSPS) is 11.0. The fraction of sp³-hybridized carbons (Fsp3) is 0.235. The van der Waals surface area contributed by atoms with Gasteiger partial charge < -0.3 is 0 Å². The molecule has 132 valence electrons. The van der Waals surface area contributed by atoms with Crippen molar-refractivity contribution in [2.45, 2.75) is 17.8 Å². The maximum absolute atomic E-state index is 10.7. The van der Waals surface area contributed by atoms with Gasteiger partial charge in [-0.25, -0.2) is 0 Å². The van der Waals surface area contributed by atoms with Crippen LogP contribution in [0.5, 0.6) is 0 Å². The van der Waals surface area contributed by atoms with Gasteiger partial charge in [0.2, 0.25) is 0 Å². The van der Waals surface area contributed by atoms with Crippen LogP contribution in [0.25, 0.3) is 21.8 Å². The third-order valence-electron chi connectivity index (χ3n) is 3.26. The molecule has 0 fully saturated rings. The van der Waals surface area contributed by atoms with Gasteiger partial charge in [0.1, 0.15) is 0 Å². The average Bonchev–Trinajstić information content (AvgIpc) is 2.60. The SMILES string of the molecule is CCOC(=O)C[CH2][Sn]([Cl])([Cl])[Cl].c1cnc2c(c1)ccc1cccnc12. The first-order valence-corrected chi connectivity index (χ1v) is 20.6. The summed E-state index contributed by atoms with van der Waals surface area (Å²) in [6.07, 6.45) is 3.84. The van der Waals surface area contributed by atoms with Gasteiger partial charge >= 0.3 is 81.6 Å². The molecule has 0 spiro atoms. The summed E-state index contributed by atoms with van der Waals surface area (Å²) in [5.74, 6) is -0.282. The van der Waals surface area contributed by atoms with Crippen LogP contribution in [-0.4, -0.2) is 37.5 Å². The molecule has 8 heteroatoms. The molecule has 0 aliphatic rings. The van der Waals surface area contributed by atoms with Crippen LogP contribution >= 0.6 is 26.8 Å². The molecular formula is C17H17Cl3N2O2Sn. The van der Waals surface area contributed by atoms with Crippen LogP contribution in [0.15, 0.2) is 48.8 Å². The van der Waals surface area contributed by atoms with Gasteiger partial charge in [-0.2, -0.15) is 0 Å². The molecule has 0 unspecified atom stereocenters. The summed E-state index contributed by atoms with van der Waals surface area (Å²) in [6.45, 7) is 2.13. The molecule has 3 aromatic rings. The molecule has 1 aromatic carbocycles. The minimum Gasteiger partial charge on any atom is -0.254 e. The maximum atomic E-state index is 10.7. The number of pyridine rings is 2. The first-order valence-electron chi connectivity index (χ1n) is 7.71. The van der Waals surface area contributed by atoms with Crippen LogP contribution in [-0.2, 0) is 9.53 Å². The van der Waals surface area contributed by atoms with Crippen molar-refractivity contribution in [1.29, 1.82) is 0 Å². The third-order valence-corrected chi connectivity index (χ3v) is 9.40. The molecule has 0 radical (unpaired) electrons. The molecule has 2 aromatic heterocycles. The van der Waals surface area contributed by atoms with Crippen LogP contribution in [0.2, 0.25) is 4.44 Å². The van der Waals surface area contributed by atoms with Gasteiger partial charge in [0.05, 0.1) is 11.0 Å². The number of hydrogen-bond donors (Lipinski definition) is 0. The zero-order valence-corrected chi connectivity index (χ0v) is 18.7. The van der Waals surface area contributed by atoms with Crippen molar-refractivity contribution in [3.05, 3.63) is 48.8 Å². The van der Waals surface area contributed by atoms with Gasteiger partial charge in [0, 0.05) is 23.2 Å². The van der Waals surface area contributed by atoms with Crippen molar-refractivity contribution in [1.82, 2.24) is 9.97 Å². The van der Waals surface area contributed by atoms with E-state index in [2.05, 4.69) is 39.0 Å². The number of aromatic nitrogens is 2. The topological polar surface area (TPSA) is 52.1 Å². The summed E-state index contributed by atoms with van der Waals surface area (Å²) in [4.78, 5) is 19.4. The Morgan fingerprint density at radius 3 is 1.96 bits per heavy atom. The Morgan fingerprint density at radius 2 is 1.52 bits per heavy atom. The van der Waals surface area contributed by atoms with Crippen molar-refractivity contribution >= 4 is 69.5 Å². The number of ether oxygens (including phenoxy) is 1. The van der Waals surface area contributed by atoms with E-state index in [1.54, 1.807) is 19.3 Å². The number of fused-ring (bicyclic) bond motifs is 3. The van der Waals surface area contributed by atoms with Crippen LogP contribution in [0.4, 0.5) is 0 Å². The molecule has 25 heavy (non-hydrogen) atoms. The number of halogens is 3. The number of benzene rings is 1. The predicted molar refractivity (Wildman–Crippen MR) is 106 cm³/mol. The Balaban J connectivity index is 0.000000188. The standard InChI is InChI=1S/C12H8N2.C5H9O2.3ClH.Sn/c1-3-9-5-6-10-4-2-8-14-12(10)11(9)13-7-1;1-3-5(6)7-4-2;;;;/h1-8H;1,3-4H2,2H3;3*1H;/q;;;;;+3/p-3. The Hall–Kier alpha value is -0.821. The molecule has 0 amide bonds. The van der Waals surface area contributed by atoms with Crippen LogP contribution in [0.1, 0.15) is 13.3 Å². The van der Waals surface area contributed by atoms with E-state index in [4.69, 9.17) is 26.8 Å². The van der Waals surface area contributed by atoms with E-state index in [0.717, 1.165) is 21.8 Å². The second-order valence-corrected chi connectivity index (χ2v) is 27.0. The average molecular weight is 506 g/mol. The minimum absolute atomic E-state index is 0.237. The molecule has 3 rings (SSSR count). The number of esters is 1. The Bertz CT molecular complexity index is 801. The summed E-state index contributed by atoms with van der Waals surface area (Å²) in [6, 6.07) is 12.1. The Labute approximate surface area is 161 Å². The van der Waals surface area contributed by atoms with Crippen LogP contribution in [0.3, 0.4) is 0 Å². The van der Waals surface area contributed by atoms with Gasteiger partial charge in [0.25, 0.3) is 0 Å². The second kappa shape index (κ2) is 9.76. The zero-order chi connectivity index (χ0) is 18.3. The Kier molecular flexibility index (Phi) is 8.00. The molecule has 0 bridgehead atoms. The van der Waals surface area contributed by atoms with E-state index in [9.17, 15) is 4.79 Å². The molecule has 4 nitrogen and oxygen atoms in total. The maximum Gasteiger partial charge on any atom is 0.0964 e. The summed E-state index contributed by atoms with van der Waals surface area (Å²) in [5, 5.41) is 2.28. The van der Waals surface area contributed by atoms with Crippen molar-refractivity contribution < 1.29 is 9.53 Å². The van der Waals surface area contributed by atoms with Gasteiger partial charge in [-0.3, -0.25) is 9.97 Å². The quantitative estimate of drug-likeness (QED) is 0.271. The van der Waals surface area contributed by atoms with Crippen molar-refractivity contribution in [2.24, 2.45) is 0 Å². The molecule has 0 saturated heterocycles. The number of carbonyl (C=O) groups excluding carboxylic acids is 1. The number of rotatable bonds is 4. The fourth-order valence-electron chi connectivity index (χ4n) is 2.16. The number of hydrogen-bond acceptors (Lipinski definition) is 4. The van der Waals surface area contributed by atoms with E-state index in [1.165, 1.54) is 0 Å². The smallest absolute Gasteiger partial charge is 0.0964 e. The first kappa shape index (κ1) is 20.5. The van der Waals surface area contributed by atoms with E-state index >= 15 is 0 Å². The summed E-state index contributed by atoms with van der Waals surface area (Å²) in [5.41, 5.74) is 1.95. The predicted octanol–water partition coefficient (Wildman–Crippen LogP) is 5.38. The molecule has 0 aliphatic carbocycles. The summed E-state index contributed by atoms with van der Waals surface area (Å²) >= 11 is -3.29. The van der Waals surface area contributed by atoms with Gasteiger partial charge in [0.15, 0.2) is 0 Å². The van der Waals surface area contributed by atoms with Gasteiger partial charge in [-0.1, -0.05) is 24.3 Å². The van der Waals surface area contributed by atoms with Gasteiger partial charge in [-0.05, 0) is 12.1 Å². The zero-order valence-electron chi connectivity index (χ0n) is 13.6. The third kappa shape index (κ3) is 6.77. The summed E-state index contributed by atoms with van der Waals surface area (Å²) < 4.78 is 5.06. The molecular weight excluding hydrogens is 489 g/mol. The minimum atomic E-state index is -3.29. The van der Waals surface area contributed by atoms with E-state index in [1.807, 2.05) is 12.1 Å². The molecule has 0 N–H and O–H groups in total. The van der Waals surface area contributed by atoms with Crippen LogP contribution in [0, 0.1) is 0 Å².